The molecule has 11 nitrogen and oxygen atoms in total. The molecule has 1 heterocycles. The lowest BCUT2D eigenvalue weighted by Gasteiger charge is -2.30. The summed E-state index contributed by atoms with van der Waals surface area (Å²) in [5.41, 5.74) is -0.0977. The Bertz CT molecular complexity index is 1680. The summed E-state index contributed by atoms with van der Waals surface area (Å²) in [5, 5.41) is 13.1. The number of hydrogen-bond acceptors (Lipinski definition) is 8. The Morgan fingerprint density at radius 3 is 2.20 bits per heavy atom. The number of nitro groups is 1. The number of rotatable bonds is 8. The third-order valence-corrected chi connectivity index (χ3v) is 8.34. The van der Waals surface area contributed by atoms with Gasteiger partial charge in [0.2, 0.25) is 0 Å². The molecule has 3 aromatic carbocycles. The zero-order valence-electron chi connectivity index (χ0n) is 23.3. The number of hydrazine groups is 1. The highest BCUT2D eigenvalue weighted by Gasteiger charge is 2.52. The molecule has 1 aliphatic heterocycles. The van der Waals surface area contributed by atoms with Crippen LogP contribution < -0.4 is 4.74 Å². The number of esters is 1. The van der Waals surface area contributed by atoms with Crippen molar-refractivity contribution in [3.05, 3.63) is 104 Å². The van der Waals surface area contributed by atoms with Gasteiger partial charge in [0, 0.05) is 28.3 Å². The van der Waals surface area contributed by atoms with E-state index >= 15 is 0 Å². The van der Waals surface area contributed by atoms with Crippen molar-refractivity contribution in [3.63, 3.8) is 0 Å². The summed E-state index contributed by atoms with van der Waals surface area (Å²) in [5.74, 6) is -4.17. The molecule has 2 aliphatic rings. The minimum absolute atomic E-state index is 0.0460. The lowest BCUT2D eigenvalue weighted by molar-refractivity contribution is -0.384. The predicted octanol–water partition coefficient (Wildman–Crippen LogP) is 5.78. The molecule has 3 atom stereocenters. The highest BCUT2D eigenvalue weighted by atomic mass is 35.5. The highest BCUT2D eigenvalue weighted by Crippen LogP contribution is 2.41. The Labute approximate surface area is 261 Å². The number of imide groups is 1. The maximum Gasteiger partial charge on any atom is 0.345 e. The van der Waals surface area contributed by atoms with Crippen molar-refractivity contribution in [3.8, 4) is 5.75 Å². The summed E-state index contributed by atoms with van der Waals surface area (Å²) in [6, 6.07) is 14.5. The maximum atomic E-state index is 13.7. The molecule has 5 rings (SSSR count). The monoisotopic (exact) mass is 637 g/mol. The molecule has 0 N–H and O–H groups in total. The smallest absolute Gasteiger partial charge is 0.345 e. The number of non-ortho nitro benzene ring substituents is 1. The number of amides is 3. The van der Waals surface area contributed by atoms with Crippen LogP contribution in [0, 0.1) is 27.9 Å². The topological polar surface area (TPSA) is 144 Å². The standard InChI is InChI=1S/C31H25Cl2N3O8/c1-17-2-12-23-25(14-17)30(40)35(29(23)39)34(28(38)19-3-8-21(9-4-19)36(42)43)16-27(37)18-5-10-22(11-6-18)44-31(41)24-13-7-20(32)15-26(24)33/h3-11,13,15,17,23,25H,2,12,14,16H2,1H3/t17-,23-,25-/m1/s1. The van der Waals surface area contributed by atoms with Crippen LogP contribution in [0.1, 0.15) is 57.3 Å². The quantitative estimate of drug-likeness (QED) is 0.0754. The first-order valence-corrected chi connectivity index (χ1v) is 14.4. The van der Waals surface area contributed by atoms with E-state index in [1.807, 2.05) is 6.92 Å². The van der Waals surface area contributed by atoms with Gasteiger partial charge < -0.3 is 4.74 Å². The number of ketones is 1. The average Bonchev–Trinajstić information content (AvgIpc) is 3.24. The van der Waals surface area contributed by atoms with Crippen molar-refractivity contribution in [2.45, 2.75) is 26.2 Å². The molecule has 0 unspecified atom stereocenters. The molecule has 0 aromatic heterocycles. The van der Waals surface area contributed by atoms with E-state index in [1.165, 1.54) is 54.6 Å². The Morgan fingerprint density at radius 1 is 0.932 bits per heavy atom. The number of carbonyl (C=O) groups is 5. The summed E-state index contributed by atoms with van der Waals surface area (Å²) >= 11 is 11.9. The lowest BCUT2D eigenvalue weighted by Crippen LogP contribution is -2.52. The predicted molar refractivity (Wildman–Crippen MR) is 158 cm³/mol. The summed E-state index contributed by atoms with van der Waals surface area (Å²) in [6.45, 7) is 1.33. The van der Waals surface area contributed by atoms with Gasteiger partial charge in [0.25, 0.3) is 23.4 Å². The van der Waals surface area contributed by atoms with E-state index in [4.69, 9.17) is 27.9 Å². The van der Waals surface area contributed by atoms with Crippen molar-refractivity contribution < 1.29 is 33.6 Å². The van der Waals surface area contributed by atoms with Crippen molar-refractivity contribution in [2.24, 2.45) is 17.8 Å². The second kappa shape index (κ2) is 12.6. The largest absolute Gasteiger partial charge is 0.423 e. The van der Waals surface area contributed by atoms with E-state index in [0.29, 0.717) is 17.9 Å². The first-order chi connectivity index (χ1) is 20.9. The lowest BCUT2D eigenvalue weighted by atomic mass is 9.76. The molecule has 3 amide bonds. The Hall–Kier alpha value is -4.61. The van der Waals surface area contributed by atoms with Crippen molar-refractivity contribution >= 4 is 58.4 Å². The fourth-order valence-electron chi connectivity index (χ4n) is 5.47. The van der Waals surface area contributed by atoms with Crippen LogP contribution in [0.25, 0.3) is 0 Å². The molecule has 13 heteroatoms. The van der Waals surface area contributed by atoms with E-state index in [1.54, 1.807) is 0 Å². The van der Waals surface area contributed by atoms with Crippen molar-refractivity contribution in [1.82, 2.24) is 10.0 Å². The number of ether oxygens (including phenoxy) is 1. The number of nitrogens with zero attached hydrogens (tertiary/aromatic N) is 3. The van der Waals surface area contributed by atoms with Gasteiger partial charge in [-0.25, -0.2) is 9.80 Å². The number of fused-ring (bicyclic) bond motifs is 1. The van der Waals surface area contributed by atoms with Crippen LogP contribution in [-0.4, -0.2) is 51.0 Å². The first kappa shape index (κ1) is 30.8. The maximum absolute atomic E-state index is 13.7. The SMILES string of the molecule is C[C@@H]1CC[C@H]2C(=O)N(N(CC(=O)c3ccc(OC(=O)c4ccc(Cl)cc4Cl)cc3)C(=O)c3ccc([N+](=O)[O-])cc3)C(=O)[C@@H]2C1. The third-order valence-electron chi connectivity index (χ3n) is 7.80. The molecular formula is C31H25Cl2N3O8. The Kier molecular flexibility index (Phi) is 8.80. The molecule has 1 saturated carbocycles. The minimum Gasteiger partial charge on any atom is -0.423 e. The van der Waals surface area contributed by atoms with Gasteiger partial charge in [-0.1, -0.05) is 30.1 Å². The van der Waals surface area contributed by atoms with Crippen LogP contribution in [0.5, 0.6) is 5.75 Å². The zero-order chi connectivity index (χ0) is 31.7. The summed E-state index contributed by atoms with van der Waals surface area (Å²) in [6.07, 6.45) is 1.73. The second-order valence-electron chi connectivity index (χ2n) is 10.7. The highest BCUT2D eigenvalue weighted by molar-refractivity contribution is 6.36. The number of carbonyl (C=O) groups excluding carboxylic acids is 5. The average molecular weight is 638 g/mol. The molecule has 1 saturated heterocycles. The number of nitro benzene ring substituents is 1. The number of Topliss-reactive ketones (excluding diaryl/α,β-unsaturated/α-hetero) is 1. The van der Waals surface area contributed by atoms with Gasteiger partial charge in [0.15, 0.2) is 5.78 Å². The molecule has 2 fully saturated rings. The van der Waals surface area contributed by atoms with Gasteiger partial charge in [-0.05, 0) is 79.8 Å². The third kappa shape index (κ3) is 6.20. The Morgan fingerprint density at radius 2 is 1.57 bits per heavy atom. The van der Waals surface area contributed by atoms with E-state index in [9.17, 15) is 34.1 Å². The van der Waals surface area contributed by atoms with Crippen LogP contribution >= 0.6 is 23.2 Å². The van der Waals surface area contributed by atoms with Gasteiger partial charge in [0.1, 0.15) is 12.3 Å². The zero-order valence-corrected chi connectivity index (χ0v) is 24.8. The van der Waals surface area contributed by atoms with E-state index in [2.05, 4.69) is 0 Å². The molecule has 3 aromatic rings. The van der Waals surface area contributed by atoms with E-state index < -0.39 is 52.8 Å². The molecule has 1 aliphatic carbocycles. The molecule has 0 radical (unpaired) electrons. The molecule has 44 heavy (non-hydrogen) atoms. The van der Waals surface area contributed by atoms with Crippen LogP contribution in [0.15, 0.2) is 66.7 Å². The Balaban J connectivity index is 1.38. The van der Waals surface area contributed by atoms with Gasteiger partial charge in [-0.2, -0.15) is 5.01 Å². The van der Waals surface area contributed by atoms with Crippen LogP contribution in [-0.2, 0) is 9.59 Å². The minimum atomic E-state index is -0.841. The molecular weight excluding hydrogens is 613 g/mol. The number of hydrogen-bond donors (Lipinski definition) is 0. The molecule has 226 valence electrons. The normalized spacial score (nSPS) is 19.3. The summed E-state index contributed by atoms with van der Waals surface area (Å²) in [4.78, 5) is 77.1. The molecule has 0 spiro atoms. The van der Waals surface area contributed by atoms with Gasteiger partial charge in [-0.3, -0.25) is 29.3 Å². The van der Waals surface area contributed by atoms with Crippen molar-refractivity contribution in [2.75, 3.05) is 6.54 Å². The van der Waals surface area contributed by atoms with Crippen LogP contribution in [0.3, 0.4) is 0 Å². The van der Waals surface area contributed by atoms with Gasteiger partial charge in [0.05, 0.1) is 27.3 Å². The second-order valence-corrected chi connectivity index (χ2v) is 11.6. The number of halogens is 2. The van der Waals surface area contributed by atoms with E-state index in [0.717, 1.165) is 28.6 Å². The van der Waals surface area contributed by atoms with Crippen LogP contribution in [0.2, 0.25) is 10.0 Å². The first-order valence-electron chi connectivity index (χ1n) is 13.7. The summed E-state index contributed by atoms with van der Waals surface area (Å²) < 4.78 is 5.34. The molecule has 0 bridgehead atoms. The number of benzene rings is 3. The van der Waals surface area contributed by atoms with Gasteiger partial charge in [-0.15, -0.1) is 0 Å². The fourth-order valence-corrected chi connectivity index (χ4v) is 5.96. The summed E-state index contributed by atoms with van der Waals surface area (Å²) in [7, 11) is 0. The van der Waals surface area contributed by atoms with E-state index in [-0.39, 0.29) is 39.1 Å². The van der Waals surface area contributed by atoms with Gasteiger partial charge >= 0.3 is 5.97 Å². The van der Waals surface area contributed by atoms with Crippen molar-refractivity contribution in [1.29, 1.82) is 0 Å². The van der Waals surface area contributed by atoms with Crippen LogP contribution in [0.4, 0.5) is 5.69 Å². The fraction of sp³-hybridized carbons (Fsp3) is 0.258.